The van der Waals surface area contributed by atoms with Gasteiger partial charge in [0, 0.05) is 40.0 Å². The van der Waals surface area contributed by atoms with E-state index in [0.29, 0.717) is 31.4 Å². The number of nitrogens with two attached hydrogens (primary N) is 1. The molecule has 3 unspecified atom stereocenters. The molecule has 6 N–H and O–H groups in total. The summed E-state index contributed by atoms with van der Waals surface area (Å²) in [6, 6.07) is 4.28. The molecule has 5 amide bonds. The molecule has 3 atom stereocenters. The van der Waals surface area contributed by atoms with Gasteiger partial charge in [-0.25, -0.2) is 4.79 Å². The molecule has 12 nitrogen and oxygen atoms in total. The third-order valence-corrected chi connectivity index (χ3v) is 11.8. The summed E-state index contributed by atoms with van der Waals surface area (Å²) in [6.45, 7) is 21.3. The van der Waals surface area contributed by atoms with Gasteiger partial charge in [0.05, 0.1) is 5.92 Å². The fourth-order valence-corrected chi connectivity index (χ4v) is 7.20. The van der Waals surface area contributed by atoms with Gasteiger partial charge >= 0.3 is 12.0 Å². The first kappa shape index (κ1) is 47.8. The van der Waals surface area contributed by atoms with Crippen LogP contribution < -0.4 is 27.0 Å². The number of hydrogen-bond donors (Lipinski definition) is 5. The van der Waals surface area contributed by atoms with Crippen molar-refractivity contribution in [2.75, 3.05) is 17.6 Å². The number of esters is 1. The maximum absolute atomic E-state index is 13.4. The van der Waals surface area contributed by atoms with Crippen molar-refractivity contribution in [1.82, 2.24) is 16.0 Å². The number of primary amides is 1. The molecular weight excluding hydrogens is 715 g/mol. The third kappa shape index (κ3) is 19.6. The maximum atomic E-state index is 13.4. The van der Waals surface area contributed by atoms with Gasteiger partial charge in [-0.15, -0.1) is 0 Å². The molecule has 53 heavy (non-hydrogen) atoms. The number of carbonyl (C=O) groups excluding carboxylic acids is 6. The van der Waals surface area contributed by atoms with Crippen LogP contribution in [0.15, 0.2) is 24.3 Å². The molecule has 0 spiro atoms. The van der Waals surface area contributed by atoms with E-state index in [2.05, 4.69) is 42.0 Å². The predicted molar refractivity (Wildman–Crippen MR) is 216 cm³/mol. The molecule has 1 aromatic rings. The molecule has 0 fully saturated rings. The van der Waals surface area contributed by atoms with Crippen LogP contribution in [0, 0.1) is 22.7 Å². The number of Topliss-reactive ketones (excluding diaryl/α,β-unsaturated/α-hetero) is 1. The van der Waals surface area contributed by atoms with Crippen molar-refractivity contribution < 1.29 is 33.5 Å². The SMILES string of the molecule is CC(CCC(C)(C)C(=O)CCCSSC(C)(C)C)C(=O)OCc1ccc(NC(=O)C(CCCNC(N)=O)NC(=O)C(NC(=O)C(C)(C)C)C(C)C)cc1. The molecule has 1 rings (SSSR count). The average molecular weight is 780 g/mol. The van der Waals surface area contributed by atoms with E-state index in [4.69, 9.17) is 10.5 Å². The number of urea groups is 1. The van der Waals surface area contributed by atoms with Crippen LogP contribution in [0.25, 0.3) is 0 Å². The largest absolute Gasteiger partial charge is 0.461 e. The Bertz CT molecular complexity index is 1370. The van der Waals surface area contributed by atoms with Crippen molar-refractivity contribution in [3.63, 3.8) is 0 Å². The van der Waals surface area contributed by atoms with Gasteiger partial charge in [-0.2, -0.15) is 0 Å². The Hall–Kier alpha value is -3.26. The molecule has 0 heterocycles. The number of amides is 5. The van der Waals surface area contributed by atoms with Crippen LogP contribution in [0.4, 0.5) is 10.5 Å². The van der Waals surface area contributed by atoms with Crippen LogP contribution in [-0.2, 0) is 35.3 Å². The number of nitrogens with one attached hydrogen (secondary N) is 4. The van der Waals surface area contributed by atoms with E-state index in [9.17, 15) is 28.8 Å². The van der Waals surface area contributed by atoms with Gasteiger partial charge in [-0.1, -0.05) is 110 Å². The van der Waals surface area contributed by atoms with E-state index in [1.165, 1.54) is 0 Å². The normalized spacial score (nSPS) is 13.7. The Morgan fingerprint density at radius 3 is 2.00 bits per heavy atom. The monoisotopic (exact) mass is 779 g/mol. The van der Waals surface area contributed by atoms with Crippen LogP contribution in [0.2, 0.25) is 0 Å². The predicted octanol–water partition coefficient (Wildman–Crippen LogP) is 6.76. The first-order valence-electron chi connectivity index (χ1n) is 18.5. The Morgan fingerprint density at radius 1 is 0.830 bits per heavy atom. The number of carbonyl (C=O) groups is 6. The van der Waals surface area contributed by atoms with Crippen molar-refractivity contribution in [1.29, 1.82) is 0 Å². The number of ether oxygens (including phenoxy) is 1. The van der Waals surface area contributed by atoms with E-state index < -0.39 is 40.8 Å². The summed E-state index contributed by atoms with van der Waals surface area (Å²) < 4.78 is 5.75. The Kier molecular flexibility index (Phi) is 20.0. The molecule has 0 aromatic heterocycles. The molecular formula is C39H65N5O7S2. The summed E-state index contributed by atoms with van der Waals surface area (Å²) >= 11 is 0. The smallest absolute Gasteiger partial charge is 0.312 e. The zero-order valence-corrected chi connectivity index (χ0v) is 35.4. The highest BCUT2D eigenvalue weighted by Crippen LogP contribution is 2.36. The van der Waals surface area contributed by atoms with Crippen LogP contribution >= 0.6 is 21.6 Å². The zero-order valence-electron chi connectivity index (χ0n) is 33.7. The second kappa shape index (κ2) is 22.2. The van der Waals surface area contributed by atoms with E-state index in [-0.39, 0.29) is 53.8 Å². The summed E-state index contributed by atoms with van der Waals surface area (Å²) in [5, 5.41) is 10.9. The van der Waals surface area contributed by atoms with Crippen LogP contribution in [0.5, 0.6) is 0 Å². The zero-order chi connectivity index (χ0) is 40.6. The number of benzene rings is 1. The number of anilines is 1. The van der Waals surface area contributed by atoms with Gasteiger partial charge in [-0.3, -0.25) is 24.0 Å². The van der Waals surface area contributed by atoms with E-state index in [1.54, 1.807) is 69.7 Å². The molecule has 0 aliphatic carbocycles. The molecule has 0 radical (unpaired) electrons. The van der Waals surface area contributed by atoms with Crippen molar-refractivity contribution in [3.8, 4) is 0 Å². The number of hydrogen-bond acceptors (Lipinski definition) is 9. The first-order valence-corrected chi connectivity index (χ1v) is 20.8. The fourth-order valence-electron chi connectivity index (χ4n) is 4.83. The summed E-state index contributed by atoms with van der Waals surface area (Å²) in [5.41, 5.74) is 5.12. The van der Waals surface area contributed by atoms with Gasteiger partial charge in [0.1, 0.15) is 24.5 Å². The van der Waals surface area contributed by atoms with Gasteiger partial charge in [-0.05, 0) is 55.7 Å². The Morgan fingerprint density at radius 2 is 1.45 bits per heavy atom. The molecule has 0 saturated carbocycles. The molecule has 0 saturated heterocycles. The second-order valence-electron chi connectivity index (χ2n) is 16.6. The fraction of sp³-hybridized carbons (Fsp3) is 0.692. The third-order valence-electron chi connectivity index (χ3n) is 8.42. The van der Waals surface area contributed by atoms with E-state index in [1.807, 2.05) is 31.6 Å². The second-order valence-corrected chi connectivity index (χ2v) is 19.8. The lowest BCUT2D eigenvalue weighted by molar-refractivity contribution is -0.150. The summed E-state index contributed by atoms with van der Waals surface area (Å²) in [6.07, 6.45) is 3.04. The van der Waals surface area contributed by atoms with Gasteiger partial charge < -0.3 is 31.7 Å². The number of ketones is 1. The first-order chi connectivity index (χ1) is 24.4. The average Bonchev–Trinajstić information content (AvgIpc) is 3.05. The minimum Gasteiger partial charge on any atom is -0.461 e. The molecule has 300 valence electrons. The van der Waals surface area contributed by atoms with Crippen molar-refractivity contribution in [2.24, 2.45) is 28.4 Å². The minimum absolute atomic E-state index is 0.0480. The standard InChI is InChI=1S/C39H65N5O7S2/c1-25(2)31(44-35(49)37(4,5)6)33(47)43-29(14-12-22-41-36(40)50)32(46)42-28-18-16-27(17-19-28)24-51-34(48)26(3)20-21-39(10,11)30(45)15-13-23-52-53-38(7,8)9/h16-19,25-26,29,31H,12-15,20-24H2,1-11H3,(H,42,46)(H,43,47)(H,44,49)(H3,40,41,50). The van der Waals surface area contributed by atoms with Crippen molar-refractivity contribution in [2.45, 2.75) is 138 Å². The maximum Gasteiger partial charge on any atom is 0.312 e. The Labute approximate surface area is 325 Å². The van der Waals surface area contributed by atoms with Crippen LogP contribution in [-0.4, -0.2) is 64.6 Å². The van der Waals surface area contributed by atoms with Crippen molar-refractivity contribution >= 4 is 62.8 Å². The molecule has 0 aliphatic rings. The highest BCUT2D eigenvalue weighted by atomic mass is 33.1. The highest BCUT2D eigenvalue weighted by molar-refractivity contribution is 8.77. The van der Waals surface area contributed by atoms with Crippen LogP contribution in [0.1, 0.15) is 120 Å². The summed E-state index contributed by atoms with van der Waals surface area (Å²) in [7, 11) is 3.63. The summed E-state index contributed by atoms with van der Waals surface area (Å²) in [4.78, 5) is 76.2. The van der Waals surface area contributed by atoms with Gasteiger partial charge in [0.2, 0.25) is 17.7 Å². The number of rotatable bonds is 22. The van der Waals surface area contributed by atoms with E-state index >= 15 is 0 Å². The molecule has 0 aliphatic heterocycles. The molecule has 14 heteroatoms. The highest BCUT2D eigenvalue weighted by Gasteiger charge is 2.32. The van der Waals surface area contributed by atoms with Crippen LogP contribution in [0.3, 0.4) is 0 Å². The summed E-state index contributed by atoms with van der Waals surface area (Å²) in [5.74, 6) is -1.09. The Balaban J connectivity index is 2.76. The van der Waals surface area contributed by atoms with E-state index in [0.717, 1.165) is 17.7 Å². The van der Waals surface area contributed by atoms with Gasteiger partial charge in [0.15, 0.2) is 0 Å². The quantitative estimate of drug-likeness (QED) is 0.0482. The van der Waals surface area contributed by atoms with Gasteiger partial charge in [0.25, 0.3) is 0 Å². The minimum atomic E-state index is -0.969. The molecule has 1 aromatic carbocycles. The topological polar surface area (TPSA) is 186 Å². The lowest BCUT2D eigenvalue weighted by Gasteiger charge is -2.28. The lowest BCUT2D eigenvalue weighted by Crippen LogP contribution is -2.56. The molecule has 0 bridgehead atoms. The lowest BCUT2D eigenvalue weighted by atomic mass is 9.80. The van der Waals surface area contributed by atoms with Crippen molar-refractivity contribution in [3.05, 3.63) is 29.8 Å².